The minimum absolute atomic E-state index is 0.00677. The number of thiophene rings is 1. The molecular weight excluding hydrogens is 222 g/mol. The molecule has 1 saturated carbocycles. The van der Waals surface area contributed by atoms with Crippen LogP contribution in [0.25, 0.3) is 0 Å². The molecule has 3 N–H and O–H groups in total. The molecule has 1 aromatic heterocycles. The summed E-state index contributed by atoms with van der Waals surface area (Å²) in [6.45, 7) is 3.84. The second-order valence-electron chi connectivity index (χ2n) is 4.09. The molecule has 2 unspecified atom stereocenters. The number of nitrogens with zero attached hydrogens (tertiary/aromatic N) is 1. The van der Waals surface area contributed by atoms with E-state index in [4.69, 9.17) is 11.0 Å². The number of aryl methyl sites for hydroxylation is 1. The van der Waals surface area contributed by atoms with Gasteiger partial charge in [-0.1, -0.05) is 0 Å². The summed E-state index contributed by atoms with van der Waals surface area (Å²) in [7, 11) is 0. The monoisotopic (exact) mass is 235 g/mol. The van der Waals surface area contributed by atoms with E-state index in [0.29, 0.717) is 10.6 Å². The molecule has 2 rings (SSSR count). The van der Waals surface area contributed by atoms with E-state index in [1.54, 1.807) is 0 Å². The number of amides is 1. The lowest BCUT2D eigenvalue weighted by atomic mass is 10.2. The molecule has 16 heavy (non-hydrogen) atoms. The zero-order valence-electron chi connectivity index (χ0n) is 9.20. The van der Waals surface area contributed by atoms with Crippen LogP contribution in [0.1, 0.15) is 22.4 Å². The fraction of sp³-hybridized carbons (Fsp3) is 0.455. The quantitative estimate of drug-likeness (QED) is 0.815. The third-order valence-electron chi connectivity index (χ3n) is 2.91. The van der Waals surface area contributed by atoms with Crippen LogP contribution in [0.5, 0.6) is 0 Å². The van der Waals surface area contributed by atoms with Gasteiger partial charge in [-0.2, -0.15) is 5.26 Å². The van der Waals surface area contributed by atoms with E-state index < -0.39 is 0 Å². The summed E-state index contributed by atoms with van der Waals surface area (Å²) in [6.07, 6.45) is 0.747. The Morgan fingerprint density at radius 1 is 1.62 bits per heavy atom. The SMILES string of the molecule is Cc1sc(NC(=O)C2CC2N)c(C#N)c1C. The predicted octanol–water partition coefficient (Wildman–Crippen LogP) is 1.52. The van der Waals surface area contributed by atoms with Crippen LogP contribution < -0.4 is 11.1 Å². The number of nitriles is 1. The predicted molar refractivity (Wildman–Crippen MR) is 63.2 cm³/mol. The van der Waals surface area contributed by atoms with Crippen molar-refractivity contribution in [2.24, 2.45) is 11.7 Å². The summed E-state index contributed by atoms with van der Waals surface area (Å²) in [5.74, 6) is -0.139. The fourth-order valence-corrected chi connectivity index (χ4v) is 2.58. The molecule has 2 atom stereocenters. The Kier molecular flexibility index (Phi) is 2.70. The van der Waals surface area contributed by atoms with Gasteiger partial charge in [0.05, 0.1) is 11.5 Å². The number of carbonyl (C=O) groups excluding carboxylic acids is 1. The molecule has 4 nitrogen and oxygen atoms in total. The number of hydrogen-bond donors (Lipinski definition) is 2. The maximum absolute atomic E-state index is 11.7. The summed E-state index contributed by atoms with van der Waals surface area (Å²) in [4.78, 5) is 12.7. The second kappa shape index (κ2) is 3.89. The van der Waals surface area contributed by atoms with Crippen molar-refractivity contribution >= 4 is 22.2 Å². The lowest BCUT2D eigenvalue weighted by Gasteiger charge is -2.01. The van der Waals surface area contributed by atoms with Crippen molar-refractivity contribution in [3.63, 3.8) is 0 Å². The number of carbonyl (C=O) groups is 1. The molecule has 1 aliphatic carbocycles. The van der Waals surface area contributed by atoms with Gasteiger partial charge in [-0.3, -0.25) is 4.79 Å². The smallest absolute Gasteiger partial charge is 0.229 e. The van der Waals surface area contributed by atoms with Crippen LogP contribution in [0.4, 0.5) is 5.00 Å². The largest absolute Gasteiger partial charge is 0.327 e. The van der Waals surface area contributed by atoms with E-state index in [-0.39, 0.29) is 17.9 Å². The highest BCUT2D eigenvalue weighted by molar-refractivity contribution is 7.16. The molecule has 0 radical (unpaired) electrons. The second-order valence-corrected chi connectivity index (χ2v) is 5.32. The molecule has 5 heteroatoms. The average molecular weight is 235 g/mol. The van der Waals surface area contributed by atoms with Gasteiger partial charge in [0.25, 0.3) is 0 Å². The van der Waals surface area contributed by atoms with E-state index in [1.807, 2.05) is 13.8 Å². The highest BCUT2D eigenvalue weighted by Crippen LogP contribution is 2.34. The lowest BCUT2D eigenvalue weighted by Crippen LogP contribution is -2.18. The van der Waals surface area contributed by atoms with E-state index in [0.717, 1.165) is 16.9 Å². The first-order chi connectivity index (χ1) is 7.54. The van der Waals surface area contributed by atoms with Crippen LogP contribution in [0, 0.1) is 31.1 Å². The highest BCUT2D eigenvalue weighted by atomic mass is 32.1. The first-order valence-electron chi connectivity index (χ1n) is 5.11. The van der Waals surface area contributed by atoms with Crippen LogP contribution in [0.2, 0.25) is 0 Å². The fourth-order valence-electron chi connectivity index (χ4n) is 1.57. The number of anilines is 1. The van der Waals surface area contributed by atoms with Crippen molar-refractivity contribution < 1.29 is 4.79 Å². The van der Waals surface area contributed by atoms with Crippen LogP contribution in [-0.2, 0) is 4.79 Å². The van der Waals surface area contributed by atoms with Gasteiger partial charge >= 0.3 is 0 Å². The number of nitrogens with two attached hydrogens (primary N) is 1. The Morgan fingerprint density at radius 2 is 2.25 bits per heavy atom. The average Bonchev–Trinajstić information content (AvgIpc) is 2.89. The molecule has 1 heterocycles. The Labute approximate surface area is 98.1 Å². The molecule has 1 aromatic rings. The number of hydrogen-bond acceptors (Lipinski definition) is 4. The third-order valence-corrected chi connectivity index (χ3v) is 4.03. The lowest BCUT2D eigenvalue weighted by molar-refractivity contribution is -0.117. The van der Waals surface area contributed by atoms with Gasteiger partial charge in [0, 0.05) is 10.9 Å². The molecular formula is C11H13N3OS. The minimum Gasteiger partial charge on any atom is -0.327 e. The molecule has 0 saturated heterocycles. The van der Waals surface area contributed by atoms with Gasteiger partial charge in [0.2, 0.25) is 5.91 Å². The first kappa shape index (κ1) is 11.1. The van der Waals surface area contributed by atoms with Crippen LogP contribution in [-0.4, -0.2) is 11.9 Å². The van der Waals surface area contributed by atoms with E-state index in [2.05, 4.69) is 11.4 Å². The molecule has 0 spiro atoms. The van der Waals surface area contributed by atoms with Crippen LogP contribution in [0.15, 0.2) is 0 Å². The Morgan fingerprint density at radius 3 is 2.75 bits per heavy atom. The Bertz CT molecular complexity index is 486. The minimum atomic E-state index is -0.0748. The van der Waals surface area contributed by atoms with Crippen molar-refractivity contribution in [1.82, 2.24) is 0 Å². The van der Waals surface area contributed by atoms with Crippen molar-refractivity contribution in [3.05, 3.63) is 16.0 Å². The maximum Gasteiger partial charge on any atom is 0.229 e. The molecule has 0 aromatic carbocycles. The van der Waals surface area contributed by atoms with Crippen LogP contribution >= 0.6 is 11.3 Å². The topological polar surface area (TPSA) is 78.9 Å². The molecule has 84 valence electrons. The van der Waals surface area contributed by atoms with Gasteiger partial charge in [-0.25, -0.2) is 0 Å². The van der Waals surface area contributed by atoms with Crippen LogP contribution in [0.3, 0.4) is 0 Å². The molecule has 0 bridgehead atoms. The van der Waals surface area contributed by atoms with Gasteiger partial charge in [-0.05, 0) is 25.8 Å². The number of rotatable bonds is 2. The zero-order valence-corrected chi connectivity index (χ0v) is 10.0. The molecule has 0 aliphatic heterocycles. The summed E-state index contributed by atoms with van der Waals surface area (Å²) in [5.41, 5.74) is 7.13. The van der Waals surface area contributed by atoms with Crippen molar-refractivity contribution in [2.75, 3.05) is 5.32 Å². The van der Waals surface area contributed by atoms with Gasteiger partial charge in [0.1, 0.15) is 11.1 Å². The summed E-state index contributed by atoms with van der Waals surface area (Å²) < 4.78 is 0. The molecule has 1 amide bonds. The molecule has 1 fully saturated rings. The van der Waals surface area contributed by atoms with E-state index >= 15 is 0 Å². The standard InChI is InChI=1S/C11H13N3OS/c1-5-6(2)16-11(8(5)4-12)14-10(15)7-3-9(7)13/h7,9H,3,13H2,1-2H3,(H,14,15). The number of nitrogens with one attached hydrogen (secondary N) is 1. The Hall–Kier alpha value is -1.38. The highest BCUT2D eigenvalue weighted by Gasteiger charge is 2.40. The van der Waals surface area contributed by atoms with Gasteiger partial charge in [0.15, 0.2) is 0 Å². The molecule has 1 aliphatic rings. The first-order valence-corrected chi connectivity index (χ1v) is 5.92. The van der Waals surface area contributed by atoms with Gasteiger partial charge < -0.3 is 11.1 Å². The maximum atomic E-state index is 11.7. The van der Waals surface area contributed by atoms with Gasteiger partial charge in [-0.15, -0.1) is 11.3 Å². The Balaban J connectivity index is 2.19. The summed E-state index contributed by atoms with van der Waals surface area (Å²) in [5, 5.41) is 12.5. The van der Waals surface area contributed by atoms with Crippen molar-refractivity contribution in [2.45, 2.75) is 26.3 Å². The normalized spacial score (nSPS) is 22.6. The van der Waals surface area contributed by atoms with Crippen molar-refractivity contribution in [1.29, 1.82) is 5.26 Å². The summed E-state index contributed by atoms with van der Waals surface area (Å²) >= 11 is 1.45. The summed E-state index contributed by atoms with van der Waals surface area (Å²) in [6, 6.07) is 2.12. The van der Waals surface area contributed by atoms with E-state index in [9.17, 15) is 4.79 Å². The third kappa shape index (κ3) is 1.82. The van der Waals surface area contributed by atoms with E-state index in [1.165, 1.54) is 11.3 Å². The zero-order chi connectivity index (χ0) is 11.9. The van der Waals surface area contributed by atoms with Crippen molar-refractivity contribution in [3.8, 4) is 6.07 Å².